The molecule has 2 aliphatic rings. The summed E-state index contributed by atoms with van der Waals surface area (Å²) in [5.74, 6) is -0.615. The van der Waals surface area contributed by atoms with Gasteiger partial charge in [0.1, 0.15) is 0 Å². The van der Waals surface area contributed by atoms with E-state index in [0.29, 0.717) is 44.7 Å². The van der Waals surface area contributed by atoms with Crippen LogP contribution in [-0.4, -0.2) is 63.5 Å². The van der Waals surface area contributed by atoms with Crippen molar-refractivity contribution in [3.05, 3.63) is 46.8 Å². The summed E-state index contributed by atoms with van der Waals surface area (Å²) >= 11 is 0. The number of carbonyl (C=O) groups excluding carboxylic acids is 2. The second-order valence-corrected chi connectivity index (χ2v) is 11.3. The maximum absolute atomic E-state index is 12.9. The lowest BCUT2D eigenvalue weighted by Crippen LogP contribution is -2.40. The van der Waals surface area contributed by atoms with Gasteiger partial charge < -0.3 is 14.8 Å². The van der Waals surface area contributed by atoms with Crippen molar-refractivity contribution >= 4 is 21.9 Å². The van der Waals surface area contributed by atoms with Crippen molar-refractivity contribution in [3.63, 3.8) is 0 Å². The number of carbonyl (C=O) groups is 2. The first-order chi connectivity index (χ1) is 17.3. The van der Waals surface area contributed by atoms with E-state index in [1.54, 1.807) is 0 Å². The standard InChI is InChI=1S/C25H34N4O6S/c1-3-20-22-21(16-25(17-27-23(22)30)9-13-34-14-10-25)29(28-20)11-4-5-12-35-24(31)18-7-6-8-19(15-18)36(32,33)26-2/h6-8,15,26H,3-5,9-14,16-17H2,1-2H3,(H,27,30). The Labute approximate surface area is 211 Å². The Balaban J connectivity index is 1.37. The fraction of sp³-hybridized carbons (Fsp3) is 0.560. The lowest BCUT2D eigenvalue weighted by molar-refractivity contribution is 0.0152. The number of esters is 1. The van der Waals surface area contributed by atoms with E-state index >= 15 is 0 Å². The van der Waals surface area contributed by atoms with Gasteiger partial charge in [0.2, 0.25) is 10.0 Å². The summed E-state index contributed by atoms with van der Waals surface area (Å²) in [7, 11) is -2.32. The largest absolute Gasteiger partial charge is 0.462 e. The number of amides is 1. The van der Waals surface area contributed by atoms with E-state index < -0.39 is 16.0 Å². The molecule has 2 N–H and O–H groups in total. The lowest BCUT2D eigenvalue weighted by atomic mass is 9.76. The Bertz CT molecular complexity index is 1220. The molecule has 1 fully saturated rings. The molecular weight excluding hydrogens is 484 g/mol. The molecule has 11 heteroatoms. The zero-order valence-electron chi connectivity index (χ0n) is 20.8. The van der Waals surface area contributed by atoms with E-state index in [1.165, 1.54) is 31.3 Å². The SMILES string of the molecule is CCc1nn(CCCCOC(=O)c2cccc(S(=O)(=O)NC)c2)c2c1C(=O)NCC1(CCOCC1)C2. The average Bonchev–Trinajstić information content (AvgIpc) is 3.17. The Morgan fingerprint density at radius 3 is 2.78 bits per heavy atom. The predicted octanol–water partition coefficient (Wildman–Crippen LogP) is 2.07. The molecule has 10 nitrogen and oxygen atoms in total. The number of hydrogen-bond acceptors (Lipinski definition) is 7. The number of sulfonamides is 1. The number of aromatic nitrogens is 2. The number of rotatable bonds is 9. The van der Waals surface area contributed by atoms with Crippen molar-refractivity contribution in [2.24, 2.45) is 5.41 Å². The molecule has 36 heavy (non-hydrogen) atoms. The fourth-order valence-electron chi connectivity index (χ4n) is 4.88. The molecule has 0 atom stereocenters. The summed E-state index contributed by atoms with van der Waals surface area (Å²) in [5, 5.41) is 7.88. The van der Waals surface area contributed by atoms with Gasteiger partial charge >= 0.3 is 5.97 Å². The van der Waals surface area contributed by atoms with Crippen LogP contribution in [0.4, 0.5) is 0 Å². The number of unbranched alkanes of at least 4 members (excludes halogenated alkanes) is 1. The Morgan fingerprint density at radius 1 is 1.28 bits per heavy atom. The summed E-state index contributed by atoms with van der Waals surface area (Å²) in [4.78, 5) is 25.3. The van der Waals surface area contributed by atoms with Crippen LogP contribution in [-0.2, 0) is 38.9 Å². The lowest BCUT2D eigenvalue weighted by Gasteiger charge is -2.36. The molecule has 0 aliphatic carbocycles. The molecule has 4 rings (SSSR count). The summed E-state index contributed by atoms with van der Waals surface area (Å²) in [6.45, 7) is 4.89. The van der Waals surface area contributed by atoms with E-state index in [1.807, 2.05) is 11.6 Å². The van der Waals surface area contributed by atoms with Crippen molar-refractivity contribution in [1.82, 2.24) is 19.8 Å². The summed E-state index contributed by atoms with van der Waals surface area (Å²) in [6.07, 6.45) is 4.62. The van der Waals surface area contributed by atoms with Crippen molar-refractivity contribution in [3.8, 4) is 0 Å². The van der Waals surface area contributed by atoms with Crippen LogP contribution in [0.3, 0.4) is 0 Å². The average molecular weight is 519 g/mol. The first-order valence-corrected chi connectivity index (χ1v) is 13.9. The zero-order chi connectivity index (χ0) is 25.8. The molecule has 2 aliphatic heterocycles. The van der Waals surface area contributed by atoms with E-state index in [2.05, 4.69) is 10.0 Å². The van der Waals surface area contributed by atoms with E-state index in [-0.39, 0.29) is 28.4 Å². The molecule has 0 saturated carbocycles. The molecule has 1 spiro atoms. The topological polar surface area (TPSA) is 129 Å². The van der Waals surface area contributed by atoms with E-state index in [9.17, 15) is 18.0 Å². The molecular formula is C25H34N4O6S. The van der Waals surface area contributed by atoms with Gasteiger partial charge in [0.05, 0.1) is 34.0 Å². The first kappa shape index (κ1) is 26.3. The van der Waals surface area contributed by atoms with E-state index in [4.69, 9.17) is 14.6 Å². The second-order valence-electron chi connectivity index (χ2n) is 9.40. The van der Waals surface area contributed by atoms with Crippen LogP contribution in [0.1, 0.15) is 64.7 Å². The van der Waals surface area contributed by atoms with Gasteiger partial charge in [0.15, 0.2) is 0 Å². The maximum atomic E-state index is 12.9. The van der Waals surface area contributed by atoms with Gasteiger partial charge in [-0.05, 0) is 69.2 Å². The third kappa shape index (κ3) is 5.63. The fourth-order valence-corrected chi connectivity index (χ4v) is 5.65. The van der Waals surface area contributed by atoms with Crippen molar-refractivity contribution in [2.75, 3.05) is 33.4 Å². The number of fused-ring (bicyclic) bond motifs is 1. The van der Waals surface area contributed by atoms with Crippen molar-refractivity contribution in [1.29, 1.82) is 0 Å². The minimum absolute atomic E-state index is 0.00714. The molecule has 1 aromatic carbocycles. The summed E-state index contributed by atoms with van der Waals surface area (Å²) < 4.78 is 39.1. The van der Waals surface area contributed by atoms with Crippen LogP contribution in [0.15, 0.2) is 29.2 Å². The summed E-state index contributed by atoms with van der Waals surface area (Å²) in [6, 6.07) is 5.76. The molecule has 1 aromatic heterocycles. The number of ether oxygens (including phenoxy) is 2. The highest BCUT2D eigenvalue weighted by Gasteiger charge is 2.39. The Morgan fingerprint density at radius 2 is 2.06 bits per heavy atom. The summed E-state index contributed by atoms with van der Waals surface area (Å²) in [5.41, 5.74) is 2.69. The number of aryl methyl sites for hydroxylation is 2. The zero-order valence-corrected chi connectivity index (χ0v) is 21.7. The van der Waals surface area contributed by atoms with Gasteiger partial charge in [0.25, 0.3) is 5.91 Å². The third-order valence-electron chi connectivity index (χ3n) is 7.06. The molecule has 2 aromatic rings. The predicted molar refractivity (Wildman–Crippen MR) is 132 cm³/mol. The van der Waals surface area contributed by atoms with Crippen LogP contribution in [0.5, 0.6) is 0 Å². The molecule has 0 bridgehead atoms. The van der Waals surface area contributed by atoms with Gasteiger partial charge in [-0.3, -0.25) is 9.48 Å². The molecule has 1 amide bonds. The maximum Gasteiger partial charge on any atom is 0.338 e. The monoisotopic (exact) mass is 518 g/mol. The van der Waals surface area contributed by atoms with Gasteiger partial charge in [-0.2, -0.15) is 5.10 Å². The van der Waals surface area contributed by atoms with Crippen LogP contribution >= 0.6 is 0 Å². The van der Waals surface area contributed by atoms with Gasteiger partial charge in [0, 0.05) is 26.3 Å². The smallest absolute Gasteiger partial charge is 0.338 e. The molecule has 3 heterocycles. The van der Waals surface area contributed by atoms with Gasteiger partial charge in [-0.15, -0.1) is 0 Å². The van der Waals surface area contributed by atoms with Gasteiger partial charge in [-0.25, -0.2) is 17.9 Å². The quantitative estimate of drug-likeness (QED) is 0.384. The van der Waals surface area contributed by atoms with Crippen LogP contribution < -0.4 is 10.0 Å². The van der Waals surface area contributed by atoms with Gasteiger partial charge in [-0.1, -0.05) is 13.0 Å². The second kappa shape index (κ2) is 11.1. The number of nitrogens with zero attached hydrogens (tertiary/aromatic N) is 2. The van der Waals surface area contributed by atoms with E-state index in [0.717, 1.165) is 37.1 Å². The first-order valence-electron chi connectivity index (χ1n) is 12.4. The number of hydrogen-bond donors (Lipinski definition) is 2. The van der Waals surface area contributed by atoms with Crippen LogP contribution in [0.2, 0.25) is 0 Å². The van der Waals surface area contributed by atoms with Crippen LogP contribution in [0.25, 0.3) is 0 Å². The van der Waals surface area contributed by atoms with Crippen molar-refractivity contribution in [2.45, 2.75) is 56.9 Å². The van der Waals surface area contributed by atoms with Crippen molar-refractivity contribution < 1.29 is 27.5 Å². The molecule has 196 valence electrons. The highest BCUT2D eigenvalue weighted by atomic mass is 32.2. The highest BCUT2D eigenvalue weighted by molar-refractivity contribution is 7.89. The normalized spacial score (nSPS) is 17.3. The Hall–Kier alpha value is -2.76. The number of benzene rings is 1. The third-order valence-corrected chi connectivity index (χ3v) is 8.47. The minimum Gasteiger partial charge on any atom is -0.462 e. The minimum atomic E-state index is -3.64. The molecule has 0 radical (unpaired) electrons. The molecule has 1 saturated heterocycles. The Kier molecular flexibility index (Phi) is 8.11. The highest BCUT2D eigenvalue weighted by Crippen LogP contribution is 2.37. The van der Waals surface area contributed by atoms with Crippen LogP contribution in [0, 0.1) is 5.41 Å². The molecule has 0 unspecified atom stereocenters. The number of nitrogens with one attached hydrogen (secondary N) is 2.